The summed E-state index contributed by atoms with van der Waals surface area (Å²) in [4.78, 5) is 0.0683. The van der Waals surface area contributed by atoms with Crippen LogP contribution in [0, 0.1) is 6.92 Å². The lowest BCUT2D eigenvalue weighted by molar-refractivity contribution is 0.459. The van der Waals surface area contributed by atoms with Crippen molar-refractivity contribution in [3.8, 4) is 0 Å². The molecular weight excluding hydrogens is 304 g/mol. The summed E-state index contributed by atoms with van der Waals surface area (Å²) in [6.07, 6.45) is 1.07. The summed E-state index contributed by atoms with van der Waals surface area (Å²) in [5, 5.41) is 2.87. The van der Waals surface area contributed by atoms with Crippen LogP contribution in [0.3, 0.4) is 0 Å². The van der Waals surface area contributed by atoms with Crippen LogP contribution in [0.4, 0.5) is 0 Å². The number of hydrogen-bond acceptors (Lipinski definition) is 6. The first-order chi connectivity index (χ1) is 9.08. The molecule has 1 aromatic heterocycles. The highest BCUT2D eigenvalue weighted by Gasteiger charge is 2.26. The molecule has 1 N–H and O–H groups in total. The highest BCUT2D eigenvalue weighted by atomic mass is 32.2. The van der Waals surface area contributed by atoms with E-state index in [-0.39, 0.29) is 17.2 Å². The van der Waals surface area contributed by atoms with E-state index >= 15 is 0 Å². The van der Waals surface area contributed by atoms with E-state index in [0.717, 1.165) is 10.6 Å². The fourth-order valence-electron chi connectivity index (χ4n) is 1.62. The lowest BCUT2D eigenvalue weighted by Crippen LogP contribution is -2.31. The highest BCUT2D eigenvalue weighted by Crippen LogP contribution is 2.22. The number of sulfone groups is 1. The molecule has 0 aliphatic carbocycles. The second-order valence-electron chi connectivity index (χ2n) is 4.62. The van der Waals surface area contributed by atoms with E-state index in [4.69, 9.17) is 4.42 Å². The standard InChI is InChI=1S/C11H20N2O5S2/c1-9-11(7-10(18-9)8-12-2)20(16,17)13(3)5-6-19(4,14)15/h7,12H,5-6,8H2,1-4H3. The minimum atomic E-state index is -3.74. The molecule has 0 radical (unpaired) electrons. The van der Waals surface area contributed by atoms with Crippen LogP contribution in [0.1, 0.15) is 11.5 Å². The average Bonchev–Trinajstić information content (AvgIpc) is 2.67. The van der Waals surface area contributed by atoms with Crippen molar-refractivity contribution in [3.05, 3.63) is 17.6 Å². The smallest absolute Gasteiger partial charge is 0.246 e. The molecular formula is C11H20N2O5S2. The van der Waals surface area contributed by atoms with E-state index in [9.17, 15) is 16.8 Å². The summed E-state index contributed by atoms with van der Waals surface area (Å²) in [5.41, 5.74) is 0. The summed E-state index contributed by atoms with van der Waals surface area (Å²) in [6.45, 7) is 1.90. The van der Waals surface area contributed by atoms with Crippen LogP contribution in [0.15, 0.2) is 15.4 Å². The molecule has 20 heavy (non-hydrogen) atoms. The molecule has 0 aliphatic rings. The number of aryl methyl sites for hydroxylation is 1. The van der Waals surface area contributed by atoms with Gasteiger partial charge in [-0.25, -0.2) is 16.8 Å². The van der Waals surface area contributed by atoms with Gasteiger partial charge in [0.25, 0.3) is 0 Å². The zero-order valence-electron chi connectivity index (χ0n) is 12.0. The normalized spacial score (nSPS) is 13.1. The van der Waals surface area contributed by atoms with E-state index in [1.807, 2.05) is 0 Å². The molecule has 1 rings (SSSR count). The van der Waals surface area contributed by atoms with Gasteiger partial charge in [-0.15, -0.1) is 0 Å². The Morgan fingerprint density at radius 2 is 1.90 bits per heavy atom. The van der Waals surface area contributed by atoms with Crippen LogP contribution >= 0.6 is 0 Å². The van der Waals surface area contributed by atoms with Gasteiger partial charge in [-0.2, -0.15) is 4.31 Å². The maximum atomic E-state index is 12.3. The molecule has 0 unspecified atom stereocenters. The van der Waals surface area contributed by atoms with Crippen LogP contribution in [0.2, 0.25) is 0 Å². The zero-order chi connectivity index (χ0) is 15.6. The van der Waals surface area contributed by atoms with Gasteiger partial charge in [0, 0.05) is 25.9 Å². The first-order valence-electron chi connectivity index (χ1n) is 5.96. The van der Waals surface area contributed by atoms with Crippen LogP contribution in [0.5, 0.6) is 0 Å². The maximum absolute atomic E-state index is 12.3. The Bertz CT molecular complexity index is 661. The van der Waals surface area contributed by atoms with Crippen molar-refractivity contribution in [2.24, 2.45) is 0 Å². The number of sulfonamides is 1. The third-order valence-corrected chi connectivity index (χ3v) is 5.63. The maximum Gasteiger partial charge on any atom is 0.246 e. The number of hydrogen-bond donors (Lipinski definition) is 1. The zero-order valence-corrected chi connectivity index (χ0v) is 13.6. The van der Waals surface area contributed by atoms with Gasteiger partial charge >= 0.3 is 0 Å². The van der Waals surface area contributed by atoms with E-state index in [0.29, 0.717) is 18.1 Å². The largest absolute Gasteiger partial charge is 0.464 e. The summed E-state index contributed by atoms with van der Waals surface area (Å²) in [6, 6.07) is 1.46. The SMILES string of the molecule is CNCc1cc(S(=O)(=O)N(C)CCS(C)(=O)=O)c(C)o1. The third-order valence-electron chi connectivity index (χ3n) is 2.74. The van der Waals surface area contributed by atoms with Crippen LogP contribution < -0.4 is 5.32 Å². The molecule has 0 saturated carbocycles. The Kier molecular flexibility index (Phi) is 5.36. The minimum Gasteiger partial charge on any atom is -0.464 e. The number of nitrogens with zero attached hydrogens (tertiary/aromatic N) is 1. The molecule has 1 heterocycles. The summed E-state index contributed by atoms with van der Waals surface area (Å²) in [5.74, 6) is 0.588. The van der Waals surface area contributed by atoms with Crippen molar-refractivity contribution in [1.82, 2.24) is 9.62 Å². The molecule has 0 amide bonds. The molecule has 0 aliphatic heterocycles. The Labute approximate surface area is 119 Å². The van der Waals surface area contributed by atoms with Gasteiger partial charge in [-0.3, -0.25) is 0 Å². The second kappa shape index (κ2) is 6.25. The van der Waals surface area contributed by atoms with Crippen LogP contribution in [-0.4, -0.2) is 53.8 Å². The predicted molar refractivity (Wildman–Crippen MR) is 75.7 cm³/mol. The van der Waals surface area contributed by atoms with Gasteiger partial charge < -0.3 is 9.73 Å². The van der Waals surface area contributed by atoms with Crippen LogP contribution in [-0.2, 0) is 26.4 Å². The number of rotatable bonds is 7. The molecule has 0 saturated heterocycles. The molecule has 116 valence electrons. The van der Waals surface area contributed by atoms with Crippen molar-refractivity contribution < 1.29 is 21.3 Å². The molecule has 1 aromatic rings. The summed E-state index contributed by atoms with van der Waals surface area (Å²) >= 11 is 0. The highest BCUT2D eigenvalue weighted by molar-refractivity contribution is 7.91. The van der Waals surface area contributed by atoms with Gasteiger partial charge in [0.15, 0.2) is 0 Å². The monoisotopic (exact) mass is 324 g/mol. The summed E-state index contributed by atoms with van der Waals surface area (Å²) < 4.78 is 53.3. The topological polar surface area (TPSA) is 96.7 Å². The molecule has 0 aromatic carbocycles. The van der Waals surface area contributed by atoms with E-state index < -0.39 is 19.9 Å². The lowest BCUT2D eigenvalue weighted by atomic mass is 10.4. The molecule has 9 heteroatoms. The van der Waals surface area contributed by atoms with Gasteiger partial charge in [0.1, 0.15) is 26.3 Å². The predicted octanol–water partition coefficient (Wildman–Crippen LogP) is -0.0275. The molecule has 0 bridgehead atoms. The Morgan fingerprint density at radius 1 is 1.30 bits per heavy atom. The number of furan rings is 1. The van der Waals surface area contributed by atoms with Gasteiger partial charge in [0.05, 0.1) is 12.3 Å². The van der Waals surface area contributed by atoms with E-state index in [2.05, 4.69) is 5.32 Å². The van der Waals surface area contributed by atoms with E-state index in [1.165, 1.54) is 13.1 Å². The quantitative estimate of drug-likeness (QED) is 0.757. The first-order valence-corrected chi connectivity index (χ1v) is 9.46. The molecule has 0 fully saturated rings. The Morgan fingerprint density at radius 3 is 2.40 bits per heavy atom. The fourth-order valence-corrected chi connectivity index (χ4v) is 3.70. The first kappa shape index (κ1) is 17.2. The van der Waals surface area contributed by atoms with Crippen molar-refractivity contribution in [3.63, 3.8) is 0 Å². The van der Waals surface area contributed by atoms with Gasteiger partial charge in [0.2, 0.25) is 10.0 Å². The Hall–Kier alpha value is -0.900. The second-order valence-corrected chi connectivity index (χ2v) is 8.89. The minimum absolute atomic E-state index is 0.0683. The number of nitrogens with one attached hydrogen (secondary N) is 1. The Balaban J connectivity index is 2.98. The van der Waals surface area contributed by atoms with Gasteiger partial charge in [-0.1, -0.05) is 0 Å². The van der Waals surface area contributed by atoms with E-state index in [1.54, 1.807) is 14.0 Å². The van der Waals surface area contributed by atoms with Crippen molar-refractivity contribution in [2.75, 3.05) is 32.6 Å². The van der Waals surface area contributed by atoms with Crippen molar-refractivity contribution in [1.29, 1.82) is 0 Å². The average molecular weight is 324 g/mol. The van der Waals surface area contributed by atoms with Crippen molar-refractivity contribution >= 4 is 19.9 Å². The summed E-state index contributed by atoms with van der Waals surface area (Å²) in [7, 11) is -3.88. The fraction of sp³-hybridized carbons (Fsp3) is 0.636. The molecule has 7 nitrogen and oxygen atoms in total. The molecule has 0 spiro atoms. The van der Waals surface area contributed by atoms with Crippen LogP contribution in [0.25, 0.3) is 0 Å². The lowest BCUT2D eigenvalue weighted by Gasteiger charge is -2.15. The third kappa shape index (κ3) is 4.30. The molecule has 0 atom stereocenters. The van der Waals surface area contributed by atoms with Gasteiger partial charge in [-0.05, 0) is 14.0 Å². The van der Waals surface area contributed by atoms with Crippen molar-refractivity contribution in [2.45, 2.75) is 18.4 Å².